The molecule has 0 aromatic heterocycles. The number of benzene rings is 2. The number of rotatable bonds is 4. The van der Waals surface area contributed by atoms with Gasteiger partial charge in [-0.05, 0) is 36.2 Å². The molecule has 0 saturated heterocycles. The van der Waals surface area contributed by atoms with Crippen LogP contribution in [0.25, 0.3) is 0 Å². The van der Waals surface area contributed by atoms with Gasteiger partial charge in [0, 0.05) is 22.8 Å². The molecule has 2 aromatic carbocycles. The Kier molecular flexibility index (Phi) is 4.42. The van der Waals surface area contributed by atoms with Crippen LogP contribution in [0.1, 0.15) is 15.9 Å². The van der Waals surface area contributed by atoms with Gasteiger partial charge in [-0.2, -0.15) is 0 Å². The highest BCUT2D eigenvalue weighted by Gasteiger charge is 2.05. The van der Waals surface area contributed by atoms with Gasteiger partial charge < -0.3 is 11.1 Å². The Balaban J connectivity index is 1.90. The van der Waals surface area contributed by atoms with Gasteiger partial charge in [-0.3, -0.25) is 4.79 Å². The molecule has 0 fully saturated rings. The molecule has 2 aromatic rings. The number of carbonyl (C=O) groups excluding carboxylic acids is 1. The molecular formula is C15H15ClN2O. The number of anilines is 1. The molecule has 2 rings (SSSR count). The van der Waals surface area contributed by atoms with Gasteiger partial charge in [0.1, 0.15) is 0 Å². The summed E-state index contributed by atoms with van der Waals surface area (Å²) in [7, 11) is 0. The van der Waals surface area contributed by atoms with Crippen molar-refractivity contribution >= 4 is 23.2 Å². The molecule has 0 aliphatic rings. The molecule has 0 bridgehead atoms. The number of hydrogen-bond donors (Lipinski definition) is 2. The second kappa shape index (κ2) is 6.25. The van der Waals surface area contributed by atoms with Gasteiger partial charge in [0.05, 0.1) is 0 Å². The predicted octanol–water partition coefficient (Wildman–Crippen LogP) is 2.89. The number of nitrogens with two attached hydrogens (primary N) is 1. The monoisotopic (exact) mass is 274 g/mol. The van der Waals surface area contributed by atoms with Crippen LogP contribution in [-0.4, -0.2) is 12.5 Å². The molecule has 1 amide bonds. The molecule has 19 heavy (non-hydrogen) atoms. The summed E-state index contributed by atoms with van der Waals surface area (Å²) >= 11 is 6.05. The van der Waals surface area contributed by atoms with Crippen LogP contribution in [0.5, 0.6) is 0 Å². The van der Waals surface area contributed by atoms with Gasteiger partial charge in [-0.1, -0.05) is 35.9 Å². The van der Waals surface area contributed by atoms with Gasteiger partial charge in [-0.25, -0.2) is 0 Å². The number of hydrogen-bond acceptors (Lipinski definition) is 2. The third-order valence-corrected chi connectivity index (χ3v) is 3.16. The van der Waals surface area contributed by atoms with Gasteiger partial charge in [0.25, 0.3) is 5.91 Å². The lowest BCUT2D eigenvalue weighted by Gasteiger charge is -2.07. The van der Waals surface area contributed by atoms with Crippen LogP contribution >= 0.6 is 11.6 Å². The highest BCUT2D eigenvalue weighted by atomic mass is 35.5. The van der Waals surface area contributed by atoms with E-state index in [2.05, 4.69) is 5.32 Å². The van der Waals surface area contributed by atoms with Crippen molar-refractivity contribution in [3.8, 4) is 0 Å². The first-order valence-corrected chi connectivity index (χ1v) is 6.42. The van der Waals surface area contributed by atoms with Crippen molar-refractivity contribution in [1.29, 1.82) is 0 Å². The molecule has 3 N–H and O–H groups in total. The molecule has 0 unspecified atom stereocenters. The van der Waals surface area contributed by atoms with Crippen molar-refractivity contribution in [2.75, 3.05) is 12.3 Å². The van der Waals surface area contributed by atoms with Crippen LogP contribution in [0.4, 0.5) is 5.69 Å². The smallest absolute Gasteiger partial charge is 0.251 e. The van der Waals surface area contributed by atoms with E-state index in [1.165, 1.54) is 0 Å². The van der Waals surface area contributed by atoms with Gasteiger partial charge in [-0.15, -0.1) is 0 Å². The first-order chi connectivity index (χ1) is 9.16. The SMILES string of the molecule is Nc1cccc(C(=O)NCCc2ccccc2Cl)c1. The summed E-state index contributed by atoms with van der Waals surface area (Å²) in [6.45, 7) is 0.539. The average Bonchev–Trinajstić information content (AvgIpc) is 2.41. The molecule has 0 radical (unpaired) electrons. The van der Waals surface area contributed by atoms with E-state index in [-0.39, 0.29) is 5.91 Å². The first kappa shape index (κ1) is 13.4. The van der Waals surface area contributed by atoms with Crippen LogP contribution in [0.15, 0.2) is 48.5 Å². The van der Waals surface area contributed by atoms with Crippen LogP contribution in [0.3, 0.4) is 0 Å². The summed E-state index contributed by atoms with van der Waals surface area (Å²) in [5.74, 6) is -0.126. The maximum atomic E-state index is 11.9. The highest BCUT2D eigenvalue weighted by Crippen LogP contribution is 2.15. The van der Waals surface area contributed by atoms with Crippen LogP contribution in [-0.2, 0) is 6.42 Å². The quantitative estimate of drug-likeness (QED) is 0.843. The molecule has 98 valence electrons. The molecule has 0 heterocycles. The fraction of sp³-hybridized carbons (Fsp3) is 0.133. The van der Waals surface area contributed by atoms with E-state index in [9.17, 15) is 4.79 Å². The summed E-state index contributed by atoms with van der Waals surface area (Å²) in [6.07, 6.45) is 0.702. The number of halogens is 1. The van der Waals surface area contributed by atoms with Gasteiger partial charge in [0.2, 0.25) is 0 Å². The second-order valence-electron chi connectivity index (χ2n) is 4.22. The lowest BCUT2D eigenvalue weighted by Crippen LogP contribution is -2.25. The van der Waals surface area contributed by atoms with Crippen molar-refractivity contribution in [3.63, 3.8) is 0 Å². The van der Waals surface area contributed by atoms with Crippen molar-refractivity contribution in [1.82, 2.24) is 5.32 Å². The second-order valence-corrected chi connectivity index (χ2v) is 4.63. The maximum absolute atomic E-state index is 11.9. The predicted molar refractivity (Wildman–Crippen MR) is 78.3 cm³/mol. The third-order valence-electron chi connectivity index (χ3n) is 2.79. The summed E-state index contributed by atoms with van der Waals surface area (Å²) < 4.78 is 0. The Morgan fingerprint density at radius 3 is 2.68 bits per heavy atom. The van der Waals surface area contributed by atoms with Crippen LogP contribution in [0.2, 0.25) is 5.02 Å². The Labute approximate surface area is 117 Å². The Bertz CT molecular complexity index is 584. The minimum absolute atomic E-state index is 0.126. The third kappa shape index (κ3) is 3.73. The summed E-state index contributed by atoms with van der Waals surface area (Å²) in [5, 5.41) is 3.57. The fourth-order valence-electron chi connectivity index (χ4n) is 1.79. The lowest BCUT2D eigenvalue weighted by atomic mass is 10.1. The van der Waals surface area contributed by atoms with Crippen molar-refractivity contribution in [2.45, 2.75) is 6.42 Å². The maximum Gasteiger partial charge on any atom is 0.251 e. The van der Waals surface area contributed by atoms with Gasteiger partial charge in [0.15, 0.2) is 0 Å². The van der Waals surface area contributed by atoms with Crippen molar-refractivity contribution in [3.05, 3.63) is 64.7 Å². The topological polar surface area (TPSA) is 55.1 Å². The number of nitrogen functional groups attached to an aromatic ring is 1. The summed E-state index contributed by atoms with van der Waals surface area (Å²) in [5.41, 5.74) is 7.81. The van der Waals surface area contributed by atoms with E-state index < -0.39 is 0 Å². The molecular weight excluding hydrogens is 260 g/mol. The fourth-order valence-corrected chi connectivity index (χ4v) is 2.02. The first-order valence-electron chi connectivity index (χ1n) is 6.04. The van der Waals surface area contributed by atoms with E-state index >= 15 is 0 Å². The van der Waals surface area contributed by atoms with Crippen LogP contribution < -0.4 is 11.1 Å². The molecule has 3 nitrogen and oxygen atoms in total. The number of nitrogens with one attached hydrogen (secondary N) is 1. The Hall–Kier alpha value is -2.00. The average molecular weight is 275 g/mol. The van der Waals surface area contributed by atoms with Crippen molar-refractivity contribution < 1.29 is 4.79 Å². The Morgan fingerprint density at radius 2 is 1.95 bits per heavy atom. The molecule has 0 aliphatic heterocycles. The molecule has 0 saturated carbocycles. The van der Waals surface area contributed by atoms with E-state index in [4.69, 9.17) is 17.3 Å². The highest BCUT2D eigenvalue weighted by molar-refractivity contribution is 6.31. The molecule has 0 spiro atoms. The Morgan fingerprint density at radius 1 is 1.16 bits per heavy atom. The number of amides is 1. The van der Waals surface area contributed by atoms with Crippen molar-refractivity contribution in [2.24, 2.45) is 0 Å². The molecule has 0 aliphatic carbocycles. The van der Waals surface area contributed by atoms with E-state index in [1.807, 2.05) is 24.3 Å². The van der Waals surface area contributed by atoms with E-state index in [0.29, 0.717) is 24.2 Å². The standard InChI is InChI=1S/C15H15ClN2O/c16-14-7-2-1-4-11(14)8-9-18-15(19)12-5-3-6-13(17)10-12/h1-7,10H,8-9,17H2,(H,18,19). The number of carbonyl (C=O) groups is 1. The summed E-state index contributed by atoms with van der Waals surface area (Å²) in [6, 6.07) is 14.5. The van der Waals surface area contributed by atoms with E-state index in [1.54, 1.807) is 24.3 Å². The molecule has 4 heteroatoms. The van der Waals surface area contributed by atoms with Crippen LogP contribution in [0, 0.1) is 0 Å². The normalized spacial score (nSPS) is 10.2. The largest absolute Gasteiger partial charge is 0.399 e. The zero-order chi connectivity index (χ0) is 13.7. The molecule has 0 atom stereocenters. The summed E-state index contributed by atoms with van der Waals surface area (Å²) in [4.78, 5) is 11.9. The minimum atomic E-state index is -0.126. The zero-order valence-electron chi connectivity index (χ0n) is 10.4. The minimum Gasteiger partial charge on any atom is -0.399 e. The zero-order valence-corrected chi connectivity index (χ0v) is 11.2. The van der Waals surface area contributed by atoms with E-state index in [0.717, 1.165) is 10.6 Å². The lowest BCUT2D eigenvalue weighted by molar-refractivity contribution is 0.0954. The van der Waals surface area contributed by atoms with Gasteiger partial charge >= 0.3 is 0 Å².